The predicted octanol–water partition coefficient (Wildman–Crippen LogP) is 2.80. The van der Waals surface area contributed by atoms with Crippen LogP contribution in [0.5, 0.6) is 0 Å². The van der Waals surface area contributed by atoms with Crippen LogP contribution in [0.2, 0.25) is 0 Å². The summed E-state index contributed by atoms with van der Waals surface area (Å²) in [5.74, 6) is 0.605. The summed E-state index contributed by atoms with van der Waals surface area (Å²) < 4.78 is 26.6. The van der Waals surface area contributed by atoms with E-state index in [2.05, 4.69) is 25.4 Å². The van der Waals surface area contributed by atoms with Crippen LogP contribution in [-0.4, -0.2) is 72.4 Å². The number of carbonyl (C=O) groups is 1. The minimum Gasteiger partial charge on any atom is -0.336 e. The number of piperazine rings is 1. The zero-order valence-electron chi connectivity index (χ0n) is 16.8. The van der Waals surface area contributed by atoms with E-state index in [4.69, 9.17) is 0 Å². The molecule has 1 aromatic carbocycles. The first-order valence-corrected chi connectivity index (χ1v) is 12.6. The Bertz CT molecular complexity index is 1020. The molecule has 0 aliphatic carbocycles. The summed E-state index contributed by atoms with van der Waals surface area (Å²) in [5, 5.41) is 0. The zero-order valence-corrected chi connectivity index (χ0v) is 19.2. The summed E-state index contributed by atoms with van der Waals surface area (Å²) >= 11 is 3.46. The number of hydrogen-bond donors (Lipinski definition) is 0. The second kappa shape index (κ2) is 7.89. The lowest BCUT2D eigenvalue weighted by molar-refractivity contribution is 0.0587. The first-order valence-electron chi connectivity index (χ1n) is 9.94. The lowest BCUT2D eigenvalue weighted by atomic mass is 10.1. The average molecular weight is 480 g/mol. The van der Waals surface area contributed by atoms with E-state index in [0.717, 1.165) is 40.2 Å². The van der Waals surface area contributed by atoms with Crippen LogP contribution in [0.1, 0.15) is 28.2 Å². The highest BCUT2D eigenvalue weighted by Gasteiger charge is 2.34. The van der Waals surface area contributed by atoms with E-state index in [1.807, 2.05) is 49.1 Å². The van der Waals surface area contributed by atoms with Gasteiger partial charge in [-0.05, 0) is 50.6 Å². The number of rotatable bonds is 3. The number of hydrogen-bond acceptors (Lipinski definition) is 4. The van der Waals surface area contributed by atoms with Crippen molar-refractivity contribution in [1.29, 1.82) is 0 Å². The molecule has 0 saturated carbocycles. The first kappa shape index (κ1) is 20.6. The van der Waals surface area contributed by atoms with Gasteiger partial charge in [0.2, 0.25) is 0 Å². The molecule has 2 aliphatic heterocycles. The molecule has 0 radical (unpaired) electrons. The Morgan fingerprint density at radius 1 is 1.07 bits per heavy atom. The Kier molecular flexibility index (Phi) is 5.61. The number of halogens is 1. The van der Waals surface area contributed by atoms with E-state index in [-0.39, 0.29) is 17.7 Å². The van der Waals surface area contributed by atoms with Gasteiger partial charge >= 0.3 is 0 Å². The van der Waals surface area contributed by atoms with Gasteiger partial charge in [0.1, 0.15) is 0 Å². The Morgan fingerprint density at radius 3 is 2.31 bits per heavy atom. The normalized spacial score (nSPS) is 22.2. The highest BCUT2D eigenvalue weighted by atomic mass is 79.9. The lowest BCUT2D eigenvalue weighted by Gasteiger charge is -2.37. The van der Waals surface area contributed by atoms with E-state index in [0.29, 0.717) is 25.3 Å². The van der Waals surface area contributed by atoms with Crippen molar-refractivity contribution in [2.75, 3.05) is 37.7 Å². The molecule has 1 amide bonds. The minimum atomic E-state index is -2.88. The Hall–Kier alpha value is -1.64. The first-order chi connectivity index (χ1) is 13.7. The van der Waals surface area contributed by atoms with Crippen LogP contribution < -0.4 is 0 Å². The fourth-order valence-electron chi connectivity index (χ4n) is 4.49. The highest BCUT2D eigenvalue weighted by Crippen LogP contribution is 2.25. The number of aromatic nitrogens is 1. The molecule has 4 rings (SSSR count). The molecule has 3 heterocycles. The molecule has 1 unspecified atom stereocenters. The zero-order chi connectivity index (χ0) is 20.8. The fourth-order valence-corrected chi connectivity index (χ4v) is 6.52. The van der Waals surface area contributed by atoms with Gasteiger partial charge in [0.15, 0.2) is 9.84 Å². The molecule has 2 saturated heterocycles. The highest BCUT2D eigenvalue weighted by molar-refractivity contribution is 9.10. The van der Waals surface area contributed by atoms with Crippen molar-refractivity contribution in [3.63, 3.8) is 0 Å². The number of aryl methyl sites for hydroxylation is 1. The number of carbonyl (C=O) groups excluding carboxylic acids is 1. The summed E-state index contributed by atoms with van der Waals surface area (Å²) in [6.45, 7) is 6.75. The van der Waals surface area contributed by atoms with Crippen LogP contribution in [0.4, 0.5) is 0 Å². The third kappa shape index (κ3) is 4.15. The van der Waals surface area contributed by atoms with E-state index < -0.39 is 9.84 Å². The molecule has 0 bridgehead atoms. The SMILES string of the molecule is Cc1cc(C(=O)N2CCN(C3CCS(=O)(=O)C3)CC2)c(C)n1-c1ccc(Br)cc1. The Labute approximate surface area is 180 Å². The Balaban J connectivity index is 1.47. The van der Waals surface area contributed by atoms with Crippen molar-refractivity contribution < 1.29 is 13.2 Å². The van der Waals surface area contributed by atoms with Gasteiger partial charge in [-0.15, -0.1) is 0 Å². The van der Waals surface area contributed by atoms with E-state index >= 15 is 0 Å². The van der Waals surface area contributed by atoms with Crippen molar-refractivity contribution in [2.45, 2.75) is 26.3 Å². The molecular weight excluding hydrogens is 454 g/mol. The molecular formula is C21H26BrN3O3S. The van der Waals surface area contributed by atoms with Crippen LogP contribution in [0.25, 0.3) is 5.69 Å². The quantitative estimate of drug-likeness (QED) is 0.678. The van der Waals surface area contributed by atoms with Crippen molar-refractivity contribution >= 4 is 31.7 Å². The monoisotopic (exact) mass is 479 g/mol. The summed E-state index contributed by atoms with van der Waals surface area (Å²) in [6.07, 6.45) is 0.713. The fraction of sp³-hybridized carbons (Fsp3) is 0.476. The van der Waals surface area contributed by atoms with Crippen LogP contribution in [0.15, 0.2) is 34.8 Å². The average Bonchev–Trinajstić information content (AvgIpc) is 3.21. The summed E-state index contributed by atoms with van der Waals surface area (Å²) in [5.41, 5.74) is 3.75. The smallest absolute Gasteiger partial charge is 0.255 e. The van der Waals surface area contributed by atoms with Gasteiger partial charge in [-0.25, -0.2) is 8.42 Å². The van der Waals surface area contributed by atoms with Crippen LogP contribution in [0.3, 0.4) is 0 Å². The third-order valence-electron chi connectivity index (χ3n) is 6.07. The minimum absolute atomic E-state index is 0.0557. The summed E-state index contributed by atoms with van der Waals surface area (Å²) in [6, 6.07) is 10.1. The third-order valence-corrected chi connectivity index (χ3v) is 8.35. The predicted molar refractivity (Wildman–Crippen MR) is 117 cm³/mol. The maximum Gasteiger partial charge on any atom is 0.255 e. The molecule has 2 fully saturated rings. The van der Waals surface area contributed by atoms with Crippen LogP contribution in [0, 0.1) is 13.8 Å². The maximum atomic E-state index is 13.2. The van der Waals surface area contributed by atoms with Crippen molar-refractivity contribution in [3.8, 4) is 5.69 Å². The summed E-state index contributed by atoms with van der Waals surface area (Å²) in [7, 11) is -2.88. The van der Waals surface area contributed by atoms with Gasteiger partial charge in [-0.2, -0.15) is 0 Å². The van der Waals surface area contributed by atoms with Gasteiger partial charge in [-0.3, -0.25) is 9.69 Å². The molecule has 6 nitrogen and oxygen atoms in total. The number of amides is 1. The number of nitrogens with zero attached hydrogens (tertiary/aromatic N) is 3. The molecule has 1 aromatic heterocycles. The second-order valence-electron chi connectivity index (χ2n) is 7.98. The van der Waals surface area contributed by atoms with Crippen LogP contribution >= 0.6 is 15.9 Å². The molecule has 2 aromatic rings. The van der Waals surface area contributed by atoms with Gasteiger partial charge in [0, 0.05) is 53.8 Å². The topological polar surface area (TPSA) is 62.6 Å². The van der Waals surface area contributed by atoms with Crippen molar-refractivity contribution in [2.24, 2.45) is 0 Å². The van der Waals surface area contributed by atoms with E-state index in [1.165, 1.54) is 0 Å². The molecule has 2 aliphatic rings. The van der Waals surface area contributed by atoms with Crippen molar-refractivity contribution in [1.82, 2.24) is 14.4 Å². The molecule has 8 heteroatoms. The largest absolute Gasteiger partial charge is 0.336 e. The van der Waals surface area contributed by atoms with E-state index in [9.17, 15) is 13.2 Å². The molecule has 156 valence electrons. The molecule has 1 atom stereocenters. The van der Waals surface area contributed by atoms with Gasteiger partial charge in [0.05, 0.1) is 17.1 Å². The molecule has 0 N–H and O–H groups in total. The van der Waals surface area contributed by atoms with Crippen LogP contribution in [-0.2, 0) is 9.84 Å². The maximum absolute atomic E-state index is 13.2. The molecule has 29 heavy (non-hydrogen) atoms. The summed E-state index contributed by atoms with van der Waals surface area (Å²) in [4.78, 5) is 17.3. The van der Waals surface area contributed by atoms with Gasteiger partial charge in [-0.1, -0.05) is 15.9 Å². The number of sulfone groups is 1. The number of benzene rings is 1. The van der Waals surface area contributed by atoms with Gasteiger partial charge in [0.25, 0.3) is 5.91 Å². The standard InChI is InChI=1S/C21H26BrN3O3S/c1-15-13-20(16(2)25(15)18-5-3-17(22)4-6-18)21(26)24-10-8-23(9-11-24)19-7-12-29(27,28)14-19/h3-6,13,19H,7-12,14H2,1-2H3. The van der Waals surface area contributed by atoms with Gasteiger partial charge < -0.3 is 9.47 Å². The lowest BCUT2D eigenvalue weighted by Crippen LogP contribution is -2.52. The van der Waals surface area contributed by atoms with E-state index in [1.54, 1.807) is 0 Å². The second-order valence-corrected chi connectivity index (χ2v) is 11.1. The molecule has 0 spiro atoms. The Morgan fingerprint density at radius 2 is 1.72 bits per heavy atom. The van der Waals surface area contributed by atoms with Crippen molar-refractivity contribution in [3.05, 3.63) is 51.8 Å².